The van der Waals surface area contributed by atoms with E-state index in [0.717, 1.165) is 5.56 Å². The molecule has 2 N–H and O–H groups in total. The first-order valence-electron chi connectivity index (χ1n) is 7.74. The molecule has 24 heavy (non-hydrogen) atoms. The number of aromatic nitrogens is 2. The molecule has 3 aromatic rings. The van der Waals surface area contributed by atoms with Crippen molar-refractivity contribution in [3.63, 3.8) is 0 Å². The molecule has 0 saturated heterocycles. The SMILES string of the molecule is CCn1c(NNC(=O)CCc2ccsc2)nc2ccccc2c1=O. The fourth-order valence-electron chi connectivity index (χ4n) is 2.44. The van der Waals surface area contributed by atoms with E-state index in [4.69, 9.17) is 0 Å². The summed E-state index contributed by atoms with van der Waals surface area (Å²) in [5.41, 5.74) is 7.02. The van der Waals surface area contributed by atoms with Crippen molar-refractivity contribution in [2.45, 2.75) is 26.3 Å². The molecule has 1 aromatic carbocycles. The lowest BCUT2D eigenvalue weighted by Crippen LogP contribution is -2.34. The van der Waals surface area contributed by atoms with Crippen molar-refractivity contribution >= 4 is 34.1 Å². The van der Waals surface area contributed by atoms with E-state index in [-0.39, 0.29) is 11.5 Å². The molecule has 0 spiro atoms. The van der Waals surface area contributed by atoms with Crippen LogP contribution in [0.2, 0.25) is 0 Å². The molecule has 0 bridgehead atoms. The lowest BCUT2D eigenvalue weighted by molar-refractivity contribution is -0.120. The number of carbonyl (C=O) groups excluding carboxylic acids is 1. The zero-order valence-electron chi connectivity index (χ0n) is 13.3. The van der Waals surface area contributed by atoms with Crippen LogP contribution in [0.5, 0.6) is 0 Å². The molecule has 0 unspecified atom stereocenters. The van der Waals surface area contributed by atoms with Crippen molar-refractivity contribution in [1.29, 1.82) is 0 Å². The van der Waals surface area contributed by atoms with Gasteiger partial charge in [-0.3, -0.25) is 25.0 Å². The van der Waals surface area contributed by atoms with Crippen LogP contribution in [0.1, 0.15) is 18.9 Å². The molecule has 2 heterocycles. The summed E-state index contributed by atoms with van der Waals surface area (Å²) in [7, 11) is 0. The van der Waals surface area contributed by atoms with Crippen LogP contribution in [0, 0.1) is 0 Å². The molecular weight excluding hydrogens is 324 g/mol. The molecule has 0 aliphatic heterocycles. The number of amides is 1. The Morgan fingerprint density at radius 2 is 2.12 bits per heavy atom. The predicted octanol–water partition coefficient (Wildman–Crippen LogP) is 2.55. The van der Waals surface area contributed by atoms with E-state index >= 15 is 0 Å². The molecular formula is C17H18N4O2S. The van der Waals surface area contributed by atoms with Gasteiger partial charge in [0.05, 0.1) is 10.9 Å². The van der Waals surface area contributed by atoms with Crippen LogP contribution in [0.15, 0.2) is 45.9 Å². The van der Waals surface area contributed by atoms with E-state index in [1.165, 1.54) is 4.57 Å². The molecule has 0 saturated carbocycles. The van der Waals surface area contributed by atoms with Gasteiger partial charge in [-0.2, -0.15) is 11.3 Å². The Kier molecular flexibility index (Phi) is 4.90. The Bertz CT molecular complexity index is 903. The van der Waals surface area contributed by atoms with Gasteiger partial charge in [0.15, 0.2) is 0 Å². The topological polar surface area (TPSA) is 76.0 Å². The van der Waals surface area contributed by atoms with Gasteiger partial charge in [-0.15, -0.1) is 0 Å². The van der Waals surface area contributed by atoms with Crippen LogP contribution >= 0.6 is 11.3 Å². The minimum atomic E-state index is -0.147. The number of aryl methyl sites for hydroxylation is 1. The van der Waals surface area contributed by atoms with Crippen molar-refractivity contribution in [2.24, 2.45) is 0 Å². The van der Waals surface area contributed by atoms with Gasteiger partial charge in [-0.25, -0.2) is 4.98 Å². The third-order valence-corrected chi connectivity index (χ3v) is 4.44. The van der Waals surface area contributed by atoms with E-state index in [1.54, 1.807) is 23.5 Å². The number of thiophene rings is 1. The maximum Gasteiger partial charge on any atom is 0.262 e. The van der Waals surface area contributed by atoms with Gasteiger partial charge in [0, 0.05) is 13.0 Å². The van der Waals surface area contributed by atoms with Crippen LogP contribution in [0.3, 0.4) is 0 Å². The van der Waals surface area contributed by atoms with Gasteiger partial charge in [0.1, 0.15) is 0 Å². The third kappa shape index (κ3) is 3.46. The molecule has 0 radical (unpaired) electrons. The molecule has 6 nitrogen and oxygen atoms in total. The van der Waals surface area contributed by atoms with Gasteiger partial charge in [0.2, 0.25) is 11.9 Å². The fraction of sp³-hybridized carbons (Fsp3) is 0.235. The van der Waals surface area contributed by atoms with Gasteiger partial charge in [0.25, 0.3) is 5.56 Å². The molecule has 0 fully saturated rings. The van der Waals surface area contributed by atoms with Crippen molar-refractivity contribution in [3.8, 4) is 0 Å². The zero-order chi connectivity index (χ0) is 16.9. The van der Waals surface area contributed by atoms with E-state index < -0.39 is 0 Å². The van der Waals surface area contributed by atoms with Crippen LogP contribution < -0.4 is 16.4 Å². The maximum atomic E-state index is 12.5. The Morgan fingerprint density at radius 3 is 2.88 bits per heavy atom. The highest BCUT2D eigenvalue weighted by molar-refractivity contribution is 7.07. The largest absolute Gasteiger partial charge is 0.277 e. The van der Waals surface area contributed by atoms with Gasteiger partial charge < -0.3 is 0 Å². The van der Waals surface area contributed by atoms with Gasteiger partial charge in [-0.05, 0) is 47.9 Å². The van der Waals surface area contributed by atoms with Crippen LogP contribution in [-0.2, 0) is 17.8 Å². The first-order valence-corrected chi connectivity index (χ1v) is 8.69. The Hall–Kier alpha value is -2.67. The number of hydrazine groups is 1. The maximum absolute atomic E-state index is 12.5. The number of hydrogen-bond acceptors (Lipinski definition) is 5. The highest BCUT2D eigenvalue weighted by atomic mass is 32.1. The Morgan fingerprint density at radius 1 is 1.29 bits per heavy atom. The number of nitrogens with zero attached hydrogens (tertiary/aromatic N) is 2. The standard InChI is InChI=1S/C17H18N4O2S/c1-2-21-16(23)13-5-3-4-6-14(13)18-17(21)20-19-15(22)8-7-12-9-10-24-11-12/h3-6,9-11H,2,7-8H2,1H3,(H,18,20)(H,19,22). The van der Waals surface area contributed by atoms with Crippen molar-refractivity contribution in [1.82, 2.24) is 15.0 Å². The Balaban J connectivity index is 1.72. The lowest BCUT2D eigenvalue weighted by atomic mass is 10.2. The minimum absolute atomic E-state index is 0.127. The highest BCUT2D eigenvalue weighted by Gasteiger charge is 2.10. The average molecular weight is 342 g/mol. The predicted molar refractivity (Wildman–Crippen MR) is 96.1 cm³/mol. The molecule has 3 rings (SSSR count). The third-order valence-electron chi connectivity index (χ3n) is 3.71. The molecule has 7 heteroatoms. The molecule has 124 valence electrons. The second-order valence-corrected chi connectivity index (χ2v) is 6.09. The summed E-state index contributed by atoms with van der Waals surface area (Å²) in [6.45, 7) is 2.32. The van der Waals surface area contributed by atoms with Crippen LogP contribution in [0.25, 0.3) is 10.9 Å². The van der Waals surface area contributed by atoms with Gasteiger partial charge >= 0.3 is 0 Å². The number of carbonyl (C=O) groups is 1. The molecule has 0 atom stereocenters. The molecule has 0 aliphatic rings. The first-order chi connectivity index (χ1) is 11.7. The summed E-state index contributed by atoms with van der Waals surface area (Å²) >= 11 is 1.61. The van der Waals surface area contributed by atoms with E-state index in [9.17, 15) is 9.59 Å². The monoisotopic (exact) mass is 342 g/mol. The quantitative estimate of drug-likeness (QED) is 0.675. The van der Waals surface area contributed by atoms with Gasteiger partial charge in [-0.1, -0.05) is 12.1 Å². The lowest BCUT2D eigenvalue weighted by Gasteiger charge is -2.13. The molecule has 1 amide bonds. The second-order valence-electron chi connectivity index (χ2n) is 5.31. The summed E-state index contributed by atoms with van der Waals surface area (Å²) in [5, 5.41) is 4.58. The summed E-state index contributed by atoms with van der Waals surface area (Å²) in [5.74, 6) is 0.191. The average Bonchev–Trinajstić information content (AvgIpc) is 3.12. The Labute approximate surface area is 143 Å². The first kappa shape index (κ1) is 16.2. The zero-order valence-corrected chi connectivity index (χ0v) is 14.1. The number of benzene rings is 1. The number of para-hydroxylation sites is 1. The van der Waals surface area contributed by atoms with Crippen LogP contribution in [-0.4, -0.2) is 15.5 Å². The number of fused-ring (bicyclic) bond motifs is 1. The number of nitrogens with one attached hydrogen (secondary N) is 2. The number of hydrogen-bond donors (Lipinski definition) is 2. The summed E-state index contributed by atoms with van der Waals surface area (Å²) < 4.78 is 1.50. The number of anilines is 1. The van der Waals surface area contributed by atoms with Crippen LogP contribution in [0.4, 0.5) is 5.95 Å². The van der Waals surface area contributed by atoms with Crippen molar-refractivity contribution in [3.05, 3.63) is 57.0 Å². The van der Waals surface area contributed by atoms with E-state index in [1.807, 2.05) is 35.9 Å². The van der Waals surface area contributed by atoms with Crippen molar-refractivity contribution in [2.75, 3.05) is 5.43 Å². The highest BCUT2D eigenvalue weighted by Crippen LogP contribution is 2.11. The smallest absolute Gasteiger partial charge is 0.262 e. The molecule has 2 aromatic heterocycles. The van der Waals surface area contributed by atoms with Crippen molar-refractivity contribution < 1.29 is 4.79 Å². The normalized spacial score (nSPS) is 10.7. The van der Waals surface area contributed by atoms with E-state index in [2.05, 4.69) is 15.8 Å². The number of rotatable bonds is 6. The minimum Gasteiger partial charge on any atom is -0.277 e. The second kappa shape index (κ2) is 7.27. The van der Waals surface area contributed by atoms with E-state index in [0.29, 0.717) is 36.2 Å². The summed E-state index contributed by atoms with van der Waals surface area (Å²) in [6, 6.07) is 9.17. The fourth-order valence-corrected chi connectivity index (χ4v) is 3.14. The summed E-state index contributed by atoms with van der Waals surface area (Å²) in [6.07, 6.45) is 1.05. The summed E-state index contributed by atoms with van der Waals surface area (Å²) in [4.78, 5) is 28.9. The molecule has 0 aliphatic carbocycles.